The molecule has 0 spiro atoms. The molecule has 0 unspecified atom stereocenters. The number of aromatic carboxylic acids is 1. The van der Waals surface area contributed by atoms with Crippen LogP contribution in [-0.4, -0.2) is 22.7 Å². The second-order valence-corrected chi connectivity index (χ2v) is 8.41. The molecule has 2 aromatic carbocycles. The molecule has 1 N–H and O–H groups in total. The lowest BCUT2D eigenvalue weighted by Gasteiger charge is -2.17. The van der Waals surface area contributed by atoms with Crippen molar-refractivity contribution in [2.45, 2.75) is 19.8 Å². The number of hydrogen-bond acceptors (Lipinski definition) is 3. The van der Waals surface area contributed by atoms with E-state index in [9.17, 15) is 9.90 Å². The van der Waals surface area contributed by atoms with Gasteiger partial charge in [-0.15, -0.1) is 0 Å². The summed E-state index contributed by atoms with van der Waals surface area (Å²) in [6.07, 6.45) is 2.39. The summed E-state index contributed by atoms with van der Waals surface area (Å²) in [5, 5.41) is 9.29. The van der Waals surface area contributed by atoms with E-state index in [2.05, 4.69) is 27.8 Å². The fraction of sp³-hybridized carbons (Fsp3) is 0.217. The Kier molecular flexibility index (Phi) is 4.94. The van der Waals surface area contributed by atoms with E-state index in [0.717, 1.165) is 26.9 Å². The number of hydrogen-bond donors (Lipinski definition) is 1. The Morgan fingerprint density at radius 1 is 1.07 bits per heavy atom. The zero-order chi connectivity index (χ0) is 19.7. The third kappa shape index (κ3) is 3.94. The van der Waals surface area contributed by atoms with Crippen LogP contribution in [0.4, 0.5) is 0 Å². The molecule has 0 bridgehead atoms. The van der Waals surface area contributed by atoms with Crippen molar-refractivity contribution in [3.05, 3.63) is 70.8 Å². The van der Waals surface area contributed by atoms with Gasteiger partial charge in [0, 0.05) is 21.0 Å². The van der Waals surface area contributed by atoms with Gasteiger partial charge in [-0.25, -0.2) is 9.78 Å². The maximum Gasteiger partial charge on any atom is 0.354 e. The van der Waals surface area contributed by atoms with Crippen LogP contribution < -0.4 is 4.74 Å². The van der Waals surface area contributed by atoms with Gasteiger partial charge in [-0.2, -0.15) is 0 Å². The molecule has 1 aliphatic carbocycles. The molecular formula is C23H20BrNO3. The molecule has 0 atom stereocenters. The minimum atomic E-state index is -1.04. The van der Waals surface area contributed by atoms with Crippen LogP contribution in [0.25, 0.3) is 22.4 Å². The third-order valence-corrected chi connectivity index (χ3v) is 5.58. The second kappa shape index (κ2) is 7.40. The minimum Gasteiger partial charge on any atom is -0.492 e. The van der Waals surface area contributed by atoms with E-state index < -0.39 is 5.97 Å². The highest BCUT2D eigenvalue weighted by molar-refractivity contribution is 9.10. The third-order valence-electron chi connectivity index (χ3n) is 5.08. The highest BCUT2D eigenvalue weighted by Crippen LogP contribution is 2.46. The summed E-state index contributed by atoms with van der Waals surface area (Å²) >= 11 is 3.56. The van der Waals surface area contributed by atoms with E-state index in [1.807, 2.05) is 48.5 Å². The molecule has 1 heterocycles. The van der Waals surface area contributed by atoms with Crippen molar-refractivity contribution in [1.82, 2.24) is 4.98 Å². The number of nitrogens with zero attached hydrogens (tertiary/aromatic N) is 1. The summed E-state index contributed by atoms with van der Waals surface area (Å²) in [4.78, 5) is 15.7. The number of carbonyl (C=O) groups is 1. The number of pyridine rings is 1. The van der Waals surface area contributed by atoms with Crippen molar-refractivity contribution in [3.8, 4) is 28.1 Å². The second-order valence-electron chi connectivity index (χ2n) is 7.50. The van der Waals surface area contributed by atoms with Gasteiger partial charge in [0.1, 0.15) is 11.4 Å². The van der Waals surface area contributed by atoms with Gasteiger partial charge in [0.05, 0.1) is 12.3 Å². The van der Waals surface area contributed by atoms with Crippen LogP contribution >= 0.6 is 15.9 Å². The van der Waals surface area contributed by atoms with Crippen LogP contribution in [0.3, 0.4) is 0 Å². The Morgan fingerprint density at radius 3 is 2.54 bits per heavy atom. The topological polar surface area (TPSA) is 59.4 Å². The number of carboxylic acids is 1. The maximum atomic E-state index is 11.3. The van der Waals surface area contributed by atoms with Crippen LogP contribution in [0.1, 0.15) is 30.3 Å². The molecule has 5 heteroatoms. The number of halogens is 1. The van der Waals surface area contributed by atoms with Crippen molar-refractivity contribution in [3.63, 3.8) is 0 Å². The molecule has 1 aromatic heterocycles. The molecule has 1 fully saturated rings. The van der Waals surface area contributed by atoms with E-state index >= 15 is 0 Å². The standard InChI is InChI=1S/C23H20BrNO3/c1-23(11-12-23)14-28-21-10-9-15(24)13-18(21)16-5-2-3-6-17(16)19-7-4-8-20(25-19)22(26)27/h2-10,13H,11-12,14H2,1H3,(H,26,27). The van der Waals surface area contributed by atoms with Gasteiger partial charge in [-0.05, 0) is 48.7 Å². The average Bonchev–Trinajstić information content (AvgIpc) is 3.44. The summed E-state index contributed by atoms with van der Waals surface area (Å²) in [7, 11) is 0. The number of ether oxygens (including phenoxy) is 1. The van der Waals surface area contributed by atoms with Crippen molar-refractivity contribution in [2.75, 3.05) is 6.61 Å². The minimum absolute atomic E-state index is 0.0275. The predicted octanol–water partition coefficient (Wildman–Crippen LogP) is 6.06. The molecule has 1 aliphatic rings. The summed E-state index contributed by atoms with van der Waals surface area (Å²) in [6, 6.07) is 18.9. The molecule has 3 aromatic rings. The van der Waals surface area contributed by atoms with Gasteiger partial charge in [0.15, 0.2) is 0 Å². The zero-order valence-corrected chi connectivity index (χ0v) is 17.1. The molecule has 0 aliphatic heterocycles. The smallest absolute Gasteiger partial charge is 0.354 e. The van der Waals surface area contributed by atoms with Gasteiger partial charge in [0.25, 0.3) is 0 Å². The predicted molar refractivity (Wildman–Crippen MR) is 113 cm³/mol. The molecule has 1 saturated carbocycles. The fourth-order valence-corrected chi connectivity index (χ4v) is 3.45. The van der Waals surface area contributed by atoms with Crippen LogP contribution in [0.2, 0.25) is 0 Å². The SMILES string of the molecule is CC1(COc2ccc(Br)cc2-c2ccccc2-c2cccc(C(=O)O)n2)CC1. The highest BCUT2D eigenvalue weighted by atomic mass is 79.9. The molecule has 4 rings (SSSR count). The van der Waals surface area contributed by atoms with Crippen LogP contribution in [0.15, 0.2) is 65.1 Å². The van der Waals surface area contributed by atoms with Gasteiger partial charge >= 0.3 is 5.97 Å². The molecule has 0 radical (unpaired) electrons. The van der Waals surface area contributed by atoms with Crippen LogP contribution in [-0.2, 0) is 0 Å². The number of carboxylic acid groups (broad SMARTS) is 1. The molecule has 0 saturated heterocycles. The normalized spacial score (nSPS) is 14.5. The highest BCUT2D eigenvalue weighted by Gasteiger charge is 2.38. The first kappa shape index (κ1) is 18.7. The number of rotatable bonds is 6. The first-order chi connectivity index (χ1) is 13.5. The summed E-state index contributed by atoms with van der Waals surface area (Å²) in [5.41, 5.74) is 3.70. The van der Waals surface area contributed by atoms with Gasteiger partial charge in [-0.3, -0.25) is 0 Å². The lowest BCUT2D eigenvalue weighted by atomic mass is 9.96. The van der Waals surface area contributed by atoms with Crippen LogP contribution in [0.5, 0.6) is 5.75 Å². The Hall–Kier alpha value is -2.66. The van der Waals surface area contributed by atoms with E-state index in [1.165, 1.54) is 18.9 Å². The Balaban J connectivity index is 1.79. The molecule has 28 heavy (non-hydrogen) atoms. The first-order valence-electron chi connectivity index (χ1n) is 9.18. The number of benzene rings is 2. The maximum absolute atomic E-state index is 11.3. The molecule has 0 amide bonds. The average molecular weight is 438 g/mol. The lowest BCUT2D eigenvalue weighted by Crippen LogP contribution is -2.09. The van der Waals surface area contributed by atoms with E-state index in [-0.39, 0.29) is 11.1 Å². The van der Waals surface area contributed by atoms with Crippen molar-refractivity contribution < 1.29 is 14.6 Å². The summed E-state index contributed by atoms with van der Waals surface area (Å²) in [6.45, 7) is 2.93. The Labute approximate surface area is 172 Å². The monoisotopic (exact) mass is 437 g/mol. The molecule has 4 nitrogen and oxygen atoms in total. The fourth-order valence-electron chi connectivity index (χ4n) is 3.09. The quantitative estimate of drug-likeness (QED) is 0.509. The largest absolute Gasteiger partial charge is 0.492 e. The molecular weight excluding hydrogens is 418 g/mol. The van der Waals surface area contributed by atoms with Crippen molar-refractivity contribution in [2.24, 2.45) is 5.41 Å². The van der Waals surface area contributed by atoms with Gasteiger partial charge in [0.2, 0.25) is 0 Å². The van der Waals surface area contributed by atoms with Gasteiger partial charge in [-0.1, -0.05) is 53.2 Å². The van der Waals surface area contributed by atoms with Crippen LogP contribution in [0, 0.1) is 5.41 Å². The Morgan fingerprint density at radius 2 is 1.82 bits per heavy atom. The lowest BCUT2D eigenvalue weighted by molar-refractivity contribution is 0.0690. The summed E-state index contributed by atoms with van der Waals surface area (Å²) < 4.78 is 7.14. The zero-order valence-electron chi connectivity index (χ0n) is 15.5. The Bertz CT molecular complexity index is 1040. The van der Waals surface area contributed by atoms with E-state index in [4.69, 9.17) is 4.74 Å². The van der Waals surface area contributed by atoms with Gasteiger partial charge < -0.3 is 9.84 Å². The molecule has 142 valence electrons. The van der Waals surface area contributed by atoms with E-state index in [1.54, 1.807) is 6.07 Å². The first-order valence-corrected chi connectivity index (χ1v) is 9.97. The van der Waals surface area contributed by atoms with E-state index in [0.29, 0.717) is 12.3 Å². The van der Waals surface area contributed by atoms with Crippen molar-refractivity contribution in [1.29, 1.82) is 0 Å². The van der Waals surface area contributed by atoms with Crippen molar-refractivity contribution >= 4 is 21.9 Å². The summed E-state index contributed by atoms with van der Waals surface area (Å²) in [5.74, 6) is -0.221. The number of aromatic nitrogens is 1.